The van der Waals surface area contributed by atoms with Gasteiger partial charge in [0.2, 0.25) is 0 Å². The van der Waals surface area contributed by atoms with E-state index < -0.39 is 24.5 Å². The highest BCUT2D eigenvalue weighted by Gasteiger charge is 2.17. The third-order valence-electron chi connectivity index (χ3n) is 4.38. The molecule has 0 bridgehead atoms. The van der Waals surface area contributed by atoms with E-state index in [-0.39, 0.29) is 6.04 Å². The summed E-state index contributed by atoms with van der Waals surface area (Å²) in [6, 6.07) is 4.66. The summed E-state index contributed by atoms with van der Waals surface area (Å²) >= 11 is 0. The molecule has 2 rings (SSSR count). The molecule has 0 radical (unpaired) electrons. The van der Waals surface area contributed by atoms with Gasteiger partial charge in [0.1, 0.15) is 11.5 Å². The number of hydrogen-bond donors (Lipinski definition) is 2. The number of urea groups is 1. The molecule has 0 atom stereocenters. The number of carbonyl (C=O) groups excluding carboxylic acids is 3. The van der Waals surface area contributed by atoms with Gasteiger partial charge in [-0.25, -0.2) is 9.59 Å². The zero-order chi connectivity index (χ0) is 20.4. The van der Waals surface area contributed by atoms with Crippen LogP contribution in [0.25, 0.3) is 6.08 Å². The van der Waals surface area contributed by atoms with Crippen LogP contribution in [-0.4, -0.2) is 44.8 Å². The highest BCUT2D eigenvalue weighted by molar-refractivity contribution is 5.96. The summed E-state index contributed by atoms with van der Waals surface area (Å²) < 4.78 is 15.2. The number of hydrogen-bond acceptors (Lipinski definition) is 6. The van der Waals surface area contributed by atoms with Gasteiger partial charge in [-0.15, -0.1) is 0 Å². The molecule has 3 amide bonds. The van der Waals surface area contributed by atoms with Gasteiger partial charge in [-0.1, -0.05) is 19.3 Å². The zero-order valence-electron chi connectivity index (χ0n) is 16.2. The average molecular weight is 390 g/mol. The lowest BCUT2D eigenvalue weighted by atomic mass is 9.96. The van der Waals surface area contributed by atoms with Crippen molar-refractivity contribution in [3.63, 3.8) is 0 Å². The van der Waals surface area contributed by atoms with E-state index in [0.29, 0.717) is 17.1 Å². The maximum absolute atomic E-state index is 11.8. The molecule has 0 aliphatic heterocycles. The van der Waals surface area contributed by atoms with Gasteiger partial charge >= 0.3 is 12.0 Å². The van der Waals surface area contributed by atoms with Crippen LogP contribution in [0, 0.1) is 0 Å². The van der Waals surface area contributed by atoms with Crippen molar-refractivity contribution >= 4 is 24.0 Å². The van der Waals surface area contributed by atoms with Crippen LogP contribution in [0.1, 0.15) is 37.7 Å². The molecule has 0 spiro atoms. The van der Waals surface area contributed by atoms with Crippen molar-refractivity contribution in [1.82, 2.24) is 10.6 Å². The Labute approximate surface area is 164 Å². The van der Waals surface area contributed by atoms with Crippen LogP contribution in [-0.2, 0) is 14.3 Å². The summed E-state index contributed by atoms with van der Waals surface area (Å²) in [6.07, 6.45) is 7.83. The second-order valence-corrected chi connectivity index (χ2v) is 6.41. The van der Waals surface area contributed by atoms with Crippen LogP contribution < -0.4 is 20.1 Å². The molecule has 152 valence electrons. The summed E-state index contributed by atoms with van der Waals surface area (Å²) in [7, 11) is 3.05. The first-order valence-corrected chi connectivity index (χ1v) is 9.19. The van der Waals surface area contributed by atoms with Crippen molar-refractivity contribution in [2.75, 3.05) is 20.8 Å². The Morgan fingerprint density at radius 3 is 2.54 bits per heavy atom. The molecule has 8 heteroatoms. The van der Waals surface area contributed by atoms with Crippen LogP contribution in [0.4, 0.5) is 4.79 Å². The first-order chi connectivity index (χ1) is 13.5. The van der Waals surface area contributed by atoms with Gasteiger partial charge in [-0.05, 0) is 31.1 Å². The number of nitrogens with one attached hydrogen (secondary N) is 2. The largest absolute Gasteiger partial charge is 0.497 e. The van der Waals surface area contributed by atoms with Crippen molar-refractivity contribution < 1.29 is 28.6 Å². The fourth-order valence-electron chi connectivity index (χ4n) is 2.93. The zero-order valence-corrected chi connectivity index (χ0v) is 16.2. The highest BCUT2D eigenvalue weighted by Crippen LogP contribution is 2.25. The van der Waals surface area contributed by atoms with Gasteiger partial charge in [0, 0.05) is 23.7 Å². The van der Waals surface area contributed by atoms with Crippen LogP contribution in [0.2, 0.25) is 0 Å². The smallest absolute Gasteiger partial charge is 0.331 e. The number of ether oxygens (including phenoxy) is 3. The Morgan fingerprint density at radius 2 is 1.86 bits per heavy atom. The molecule has 28 heavy (non-hydrogen) atoms. The lowest BCUT2D eigenvalue weighted by molar-refractivity contribution is -0.143. The van der Waals surface area contributed by atoms with Gasteiger partial charge in [-0.2, -0.15) is 0 Å². The summed E-state index contributed by atoms with van der Waals surface area (Å²) in [5.74, 6) is -0.238. The molecular weight excluding hydrogens is 364 g/mol. The number of esters is 1. The maximum atomic E-state index is 11.8. The van der Waals surface area contributed by atoms with Crippen molar-refractivity contribution in [3.05, 3.63) is 29.8 Å². The summed E-state index contributed by atoms with van der Waals surface area (Å²) in [5.41, 5.74) is 0.650. The predicted octanol–water partition coefficient (Wildman–Crippen LogP) is 2.42. The van der Waals surface area contributed by atoms with E-state index in [1.54, 1.807) is 25.3 Å². The number of imide groups is 1. The summed E-state index contributed by atoms with van der Waals surface area (Å²) in [5, 5.41) is 4.92. The number of amides is 3. The average Bonchev–Trinajstić information content (AvgIpc) is 2.71. The summed E-state index contributed by atoms with van der Waals surface area (Å²) in [6.45, 7) is -0.541. The summed E-state index contributed by atoms with van der Waals surface area (Å²) in [4.78, 5) is 35.3. The Balaban J connectivity index is 1.76. The minimum atomic E-state index is -0.708. The van der Waals surface area contributed by atoms with Crippen LogP contribution in [0.3, 0.4) is 0 Å². The highest BCUT2D eigenvalue weighted by atomic mass is 16.5. The molecule has 2 N–H and O–H groups in total. The SMILES string of the molecule is COc1ccc(/C=C/C(=O)OCC(=O)NC(=O)NC2CCCCC2)c(OC)c1. The van der Waals surface area contributed by atoms with E-state index in [4.69, 9.17) is 14.2 Å². The molecule has 0 unspecified atom stereocenters. The van der Waals surface area contributed by atoms with Gasteiger partial charge in [0.25, 0.3) is 5.91 Å². The van der Waals surface area contributed by atoms with Gasteiger partial charge in [0.05, 0.1) is 14.2 Å². The number of carbonyl (C=O) groups is 3. The Morgan fingerprint density at radius 1 is 1.11 bits per heavy atom. The fourth-order valence-corrected chi connectivity index (χ4v) is 2.93. The predicted molar refractivity (Wildman–Crippen MR) is 103 cm³/mol. The number of benzene rings is 1. The molecule has 0 heterocycles. The standard InChI is InChI=1S/C20H26N2O6/c1-26-16-10-8-14(17(12-16)27-2)9-11-19(24)28-13-18(23)22-20(25)21-15-6-4-3-5-7-15/h8-12,15H,3-7,13H2,1-2H3,(H2,21,22,23,25)/b11-9+. The minimum Gasteiger partial charge on any atom is -0.497 e. The van der Waals surface area contributed by atoms with E-state index in [9.17, 15) is 14.4 Å². The molecule has 1 fully saturated rings. The minimum absolute atomic E-state index is 0.0894. The second kappa shape index (κ2) is 11.0. The topological polar surface area (TPSA) is 103 Å². The van der Waals surface area contributed by atoms with E-state index >= 15 is 0 Å². The molecule has 0 aromatic heterocycles. The van der Waals surface area contributed by atoms with Crippen molar-refractivity contribution in [3.8, 4) is 11.5 Å². The molecule has 1 aliphatic rings. The van der Waals surface area contributed by atoms with Crippen molar-refractivity contribution in [2.45, 2.75) is 38.1 Å². The van der Waals surface area contributed by atoms with Gasteiger partial charge in [0.15, 0.2) is 6.61 Å². The molecule has 8 nitrogen and oxygen atoms in total. The lowest BCUT2D eigenvalue weighted by Gasteiger charge is -2.22. The second-order valence-electron chi connectivity index (χ2n) is 6.41. The van der Waals surface area contributed by atoms with Gasteiger partial charge < -0.3 is 19.5 Å². The Kier molecular flexibility index (Phi) is 8.33. The Hall–Kier alpha value is -3.03. The molecule has 1 aromatic carbocycles. The Bertz CT molecular complexity index is 725. The third-order valence-corrected chi connectivity index (χ3v) is 4.38. The molecule has 1 saturated carbocycles. The first kappa shape index (κ1) is 21.3. The van der Waals surface area contributed by atoms with Crippen LogP contribution >= 0.6 is 0 Å². The normalized spacial score (nSPS) is 14.4. The fraction of sp³-hybridized carbons (Fsp3) is 0.450. The number of rotatable bonds is 7. The molecule has 1 aromatic rings. The van der Waals surface area contributed by atoms with E-state index in [2.05, 4.69) is 10.6 Å². The van der Waals surface area contributed by atoms with E-state index in [0.717, 1.165) is 25.7 Å². The van der Waals surface area contributed by atoms with Crippen molar-refractivity contribution in [2.24, 2.45) is 0 Å². The monoisotopic (exact) mass is 390 g/mol. The van der Waals surface area contributed by atoms with E-state index in [1.165, 1.54) is 25.7 Å². The van der Waals surface area contributed by atoms with Crippen LogP contribution in [0.5, 0.6) is 11.5 Å². The third kappa shape index (κ3) is 6.94. The first-order valence-electron chi connectivity index (χ1n) is 9.19. The maximum Gasteiger partial charge on any atom is 0.331 e. The lowest BCUT2D eigenvalue weighted by Crippen LogP contribution is -2.46. The molecular formula is C20H26N2O6. The molecule has 1 aliphatic carbocycles. The van der Waals surface area contributed by atoms with Crippen molar-refractivity contribution in [1.29, 1.82) is 0 Å². The van der Waals surface area contributed by atoms with Gasteiger partial charge in [-0.3, -0.25) is 10.1 Å². The quantitative estimate of drug-likeness (QED) is 0.547. The molecule has 0 saturated heterocycles. The van der Waals surface area contributed by atoms with E-state index in [1.807, 2.05) is 0 Å². The van der Waals surface area contributed by atoms with Crippen LogP contribution in [0.15, 0.2) is 24.3 Å². The number of methoxy groups -OCH3 is 2.